The van der Waals surface area contributed by atoms with Crippen LogP contribution in [0.4, 0.5) is 5.13 Å². The van der Waals surface area contributed by atoms with Crippen LogP contribution in [0.3, 0.4) is 0 Å². The van der Waals surface area contributed by atoms with Crippen LogP contribution in [-0.2, 0) is 4.79 Å². The fourth-order valence-electron chi connectivity index (χ4n) is 4.69. The van der Waals surface area contributed by atoms with Crippen LogP contribution in [0.2, 0.25) is 0 Å². The summed E-state index contributed by atoms with van der Waals surface area (Å²) >= 11 is 1.73. The van der Waals surface area contributed by atoms with Gasteiger partial charge in [-0.05, 0) is 30.7 Å². The van der Waals surface area contributed by atoms with E-state index < -0.39 is 0 Å². The van der Waals surface area contributed by atoms with Crippen LogP contribution in [-0.4, -0.2) is 42.0 Å². The van der Waals surface area contributed by atoms with E-state index in [-0.39, 0.29) is 11.8 Å². The predicted octanol–water partition coefficient (Wildman–Crippen LogP) is 5.19. The van der Waals surface area contributed by atoms with Gasteiger partial charge >= 0.3 is 0 Å². The van der Waals surface area contributed by atoms with Crippen molar-refractivity contribution in [1.29, 1.82) is 0 Å². The molecule has 2 aliphatic rings. The lowest BCUT2D eigenvalue weighted by Crippen LogP contribution is -2.50. The number of hydrogen-bond donors (Lipinski definition) is 0. The number of aromatic nitrogens is 1. The highest BCUT2D eigenvalue weighted by molar-refractivity contribution is 7.22. The average molecular weight is 442 g/mol. The maximum atomic E-state index is 13.7. The Morgan fingerprint density at radius 1 is 0.906 bits per heavy atom. The smallest absolute Gasteiger partial charge is 0.234 e. The van der Waals surface area contributed by atoms with Gasteiger partial charge in [0.25, 0.3) is 0 Å². The van der Waals surface area contributed by atoms with Crippen LogP contribution in [0, 0.1) is 6.92 Å². The van der Waals surface area contributed by atoms with E-state index in [1.807, 2.05) is 53.4 Å². The van der Waals surface area contributed by atoms with Gasteiger partial charge in [-0.15, -0.1) is 0 Å². The molecule has 2 aliphatic heterocycles. The molecule has 0 N–H and O–H groups in total. The van der Waals surface area contributed by atoms with Crippen molar-refractivity contribution in [2.24, 2.45) is 0 Å². The Balaban J connectivity index is 1.25. The molecule has 0 bridgehead atoms. The third-order valence-corrected chi connectivity index (χ3v) is 7.48. The molecule has 1 saturated heterocycles. The van der Waals surface area contributed by atoms with Crippen LogP contribution in [0.5, 0.6) is 11.5 Å². The Labute approximate surface area is 190 Å². The number of amides is 1. The van der Waals surface area contributed by atoms with Crippen LogP contribution in [0.15, 0.2) is 66.7 Å². The number of thiazole rings is 1. The molecule has 0 saturated carbocycles. The zero-order valence-electron chi connectivity index (χ0n) is 17.8. The second-order valence-electron chi connectivity index (χ2n) is 8.34. The van der Waals surface area contributed by atoms with Gasteiger partial charge in [0.1, 0.15) is 11.5 Å². The van der Waals surface area contributed by atoms with E-state index in [9.17, 15) is 4.79 Å². The number of ether oxygens (including phenoxy) is 1. The number of aryl methyl sites for hydroxylation is 1. The van der Waals surface area contributed by atoms with Crippen molar-refractivity contribution in [2.45, 2.75) is 12.8 Å². The first kappa shape index (κ1) is 19.3. The molecule has 1 amide bonds. The Morgan fingerprint density at radius 2 is 1.56 bits per heavy atom. The van der Waals surface area contributed by atoms with E-state index in [1.54, 1.807) is 11.3 Å². The molecule has 6 rings (SSSR count). The Morgan fingerprint density at radius 3 is 2.22 bits per heavy atom. The highest BCUT2D eigenvalue weighted by atomic mass is 32.1. The quantitative estimate of drug-likeness (QED) is 0.429. The number of piperazine rings is 1. The number of anilines is 1. The van der Waals surface area contributed by atoms with Crippen molar-refractivity contribution in [3.63, 3.8) is 0 Å². The lowest BCUT2D eigenvalue weighted by atomic mass is 9.86. The number of benzene rings is 3. The summed E-state index contributed by atoms with van der Waals surface area (Å²) in [6.07, 6.45) is 0. The molecule has 0 atom stereocenters. The number of para-hydroxylation sites is 3. The van der Waals surface area contributed by atoms with Gasteiger partial charge in [0, 0.05) is 37.3 Å². The molecule has 5 nitrogen and oxygen atoms in total. The second-order valence-corrected chi connectivity index (χ2v) is 9.35. The standard InChI is InChI=1S/C26H23N3O2S/c1-17-7-6-12-22-24(17)27-26(32-22)29-15-13-28(14-16-29)25(30)23-18-8-2-4-10-20(18)31-21-11-5-3-9-19(21)23/h2-12,23H,13-16H2,1H3. The minimum Gasteiger partial charge on any atom is -0.457 e. The van der Waals surface area contributed by atoms with Gasteiger partial charge < -0.3 is 14.5 Å². The van der Waals surface area contributed by atoms with E-state index in [2.05, 4.69) is 30.0 Å². The summed E-state index contributed by atoms with van der Waals surface area (Å²) in [5, 5.41) is 1.04. The summed E-state index contributed by atoms with van der Waals surface area (Å²) in [5.74, 6) is 1.36. The van der Waals surface area contributed by atoms with Gasteiger partial charge in [-0.3, -0.25) is 4.79 Å². The monoisotopic (exact) mass is 441 g/mol. The van der Waals surface area contributed by atoms with Gasteiger partial charge in [-0.1, -0.05) is 59.9 Å². The van der Waals surface area contributed by atoms with E-state index in [0.717, 1.165) is 46.4 Å². The number of carbonyl (C=O) groups is 1. The maximum Gasteiger partial charge on any atom is 0.234 e. The van der Waals surface area contributed by atoms with Gasteiger partial charge in [-0.25, -0.2) is 4.98 Å². The second kappa shape index (κ2) is 7.64. The minimum absolute atomic E-state index is 0.146. The maximum absolute atomic E-state index is 13.7. The number of hydrogen-bond acceptors (Lipinski definition) is 5. The summed E-state index contributed by atoms with van der Waals surface area (Å²) in [6, 6.07) is 22.1. The molecule has 3 heterocycles. The summed E-state index contributed by atoms with van der Waals surface area (Å²) in [7, 11) is 0. The third kappa shape index (κ3) is 3.14. The number of rotatable bonds is 2. The molecule has 0 spiro atoms. The lowest BCUT2D eigenvalue weighted by molar-refractivity contribution is -0.132. The van der Waals surface area contributed by atoms with E-state index in [4.69, 9.17) is 9.72 Å². The van der Waals surface area contributed by atoms with Crippen LogP contribution >= 0.6 is 11.3 Å². The van der Waals surface area contributed by atoms with Gasteiger partial charge in [-0.2, -0.15) is 0 Å². The SMILES string of the molecule is Cc1cccc2sc(N3CCN(C(=O)C4c5ccccc5Oc5ccccc54)CC3)nc12. The molecule has 3 aromatic carbocycles. The van der Waals surface area contributed by atoms with E-state index in [0.29, 0.717) is 13.1 Å². The molecule has 0 radical (unpaired) electrons. The Bertz CT molecular complexity index is 1280. The first-order valence-electron chi connectivity index (χ1n) is 10.9. The predicted molar refractivity (Wildman–Crippen MR) is 128 cm³/mol. The number of fused-ring (bicyclic) bond motifs is 3. The van der Waals surface area contributed by atoms with Crippen LogP contribution in [0.1, 0.15) is 22.6 Å². The Kier molecular flexibility index (Phi) is 4.61. The largest absolute Gasteiger partial charge is 0.457 e. The highest BCUT2D eigenvalue weighted by Gasteiger charge is 2.36. The van der Waals surface area contributed by atoms with E-state index >= 15 is 0 Å². The molecular formula is C26H23N3O2S. The first-order valence-corrected chi connectivity index (χ1v) is 11.8. The van der Waals surface area contributed by atoms with Gasteiger partial charge in [0.05, 0.1) is 16.1 Å². The van der Waals surface area contributed by atoms with Crippen LogP contribution < -0.4 is 9.64 Å². The zero-order chi connectivity index (χ0) is 21.7. The highest BCUT2D eigenvalue weighted by Crippen LogP contribution is 2.44. The first-order chi connectivity index (χ1) is 15.7. The average Bonchev–Trinajstić information content (AvgIpc) is 3.28. The molecule has 4 aromatic rings. The molecule has 32 heavy (non-hydrogen) atoms. The van der Waals surface area contributed by atoms with Crippen molar-refractivity contribution < 1.29 is 9.53 Å². The Hall–Kier alpha value is -3.38. The summed E-state index contributed by atoms with van der Waals surface area (Å²) in [4.78, 5) is 22.9. The zero-order valence-corrected chi connectivity index (χ0v) is 18.6. The molecule has 1 fully saturated rings. The van der Waals surface area contributed by atoms with Crippen molar-refractivity contribution in [1.82, 2.24) is 9.88 Å². The van der Waals surface area contributed by atoms with Gasteiger partial charge in [0.15, 0.2) is 5.13 Å². The summed E-state index contributed by atoms with van der Waals surface area (Å²) < 4.78 is 7.29. The molecular weight excluding hydrogens is 418 g/mol. The molecule has 1 aromatic heterocycles. The normalized spacial score (nSPS) is 15.9. The fourth-order valence-corrected chi connectivity index (χ4v) is 5.78. The minimum atomic E-state index is -0.326. The molecule has 0 aliphatic carbocycles. The summed E-state index contributed by atoms with van der Waals surface area (Å²) in [6.45, 7) is 5.06. The van der Waals surface area contributed by atoms with Crippen molar-refractivity contribution >= 4 is 32.6 Å². The topological polar surface area (TPSA) is 45.7 Å². The van der Waals surface area contributed by atoms with Crippen LogP contribution in [0.25, 0.3) is 10.2 Å². The van der Waals surface area contributed by atoms with Crippen molar-refractivity contribution in [3.05, 3.63) is 83.4 Å². The van der Waals surface area contributed by atoms with Crippen molar-refractivity contribution in [3.8, 4) is 11.5 Å². The number of nitrogens with zero attached hydrogens (tertiary/aromatic N) is 3. The third-order valence-electron chi connectivity index (χ3n) is 6.40. The number of carbonyl (C=O) groups excluding carboxylic acids is 1. The van der Waals surface area contributed by atoms with Gasteiger partial charge in [0.2, 0.25) is 5.91 Å². The van der Waals surface area contributed by atoms with Crippen molar-refractivity contribution in [2.75, 3.05) is 31.1 Å². The molecule has 160 valence electrons. The molecule has 6 heteroatoms. The lowest BCUT2D eigenvalue weighted by Gasteiger charge is -2.37. The van der Waals surface area contributed by atoms with E-state index in [1.165, 1.54) is 10.3 Å². The summed E-state index contributed by atoms with van der Waals surface area (Å²) in [5.41, 5.74) is 4.18. The fraction of sp³-hybridized carbons (Fsp3) is 0.231. The molecule has 0 unspecified atom stereocenters.